The number of allylic oxidation sites excluding steroid dienone is 10. The van der Waals surface area contributed by atoms with Gasteiger partial charge in [0.05, 0.1) is 19.8 Å². The van der Waals surface area contributed by atoms with Crippen LogP contribution in [0.2, 0.25) is 0 Å². The average molecular weight is 979 g/mol. The summed E-state index contributed by atoms with van der Waals surface area (Å²) in [6.07, 6.45) is 53.3. The fourth-order valence-corrected chi connectivity index (χ4v) is 8.05. The highest BCUT2D eigenvalue weighted by molar-refractivity contribution is 7.47. The molecule has 0 saturated carbocycles. The van der Waals surface area contributed by atoms with Crippen LogP contribution in [-0.4, -0.2) is 66.5 Å². The van der Waals surface area contributed by atoms with Gasteiger partial charge in [0.25, 0.3) is 0 Å². The molecule has 11 nitrogen and oxygen atoms in total. The van der Waals surface area contributed by atoms with Crippen LogP contribution in [0.3, 0.4) is 0 Å². The van der Waals surface area contributed by atoms with Crippen molar-refractivity contribution in [3.05, 3.63) is 60.8 Å². The van der Waals surface area contributed by atoms with Crippen molar-refractivity contribution in [2.24, 2.45) is 0 Å². The third kappa shape index (κ3) is 48.2. The Labute approximate surface area is 415 Å². The van der Waals surface area contributed by atoms with Crippen LogP contribution in [0, 0.1) is 0 Å². The molecule has 3 atom stereocenters. The van der Waals surface area contributed by atoms with E-state index >= 15 is 0 Å². The lowest BCUT2D eigenvalue weighted by molar-refractivity contribution is -0.161. The quantitative estimate of drug-likeness (QED) is 0.0197. The van der Waals surface area contributed by atoms with Crippen molar-refractivity contribution in [2.75, 3.05) is 26.4 Å². The number of aliphatic hydroxyl groups excluding tert-OH is 1. The van der Waals surface area contributed by atoms with E-state index in [1.54, 1.807) is 0 Å². The summed E-state index contributed by atoms with van der Waals surface area (Å²) in [6.45, 7) is 4.45. The molecule has 394 valence electrons. The smallest absolute Gasteiger partial charge is 0.462 e. The first-order valence-corrected chi connectivity index (χ1v) is 28.7. The second kappa shape index (κ2) is 50.6. The Bertz CT molecular complexity index is 1370. The lowest BCUT2D eigenvalue weighted by Crippen LogP contribution is -2.30. The van der Waals surface area contributed by atoms with Crippen LogP contribution in [-0.2, 0) is 42.2 Å². The third-order valence-electron chi connectivity index (χ3n) is 11.4. The van der Waals surface area contributed by atoms with Crippen molar-refractivity contribution in [1.29, 1.82) is 0 Å². The summed E-state index contributed by atoms with van der Waals surface area (Å²) < 4.78 is 39.4. The van der Waals surface area contributed by atoms with Gasteiger partial charge in [-0.3, -0.25) is 23.4 Å². The second-order valence-electron chi connectivity index (χ2n) is 18.0. The Morgan fingerprint density at radius 2 is 0.779 bits per heavy atom. The molecule has 0 radical (unpaired) electrons. The zero-order valence-corrected chi connectivity index (χ0v) is 44.2. The number of aliphatic hydroxyl groups is 1. The van der Waals surface area contributed by atoms with Crippen LogP contribution in [0.1, 0.15) is 239 Å². The number of unbranched alkanes of at least 4 members (excludes halogenated alkanes) is 23. The minimum Gasteiger partial charge on any atom is -0.462 e. The van der Waals surface area contributed by atoms with E-state index in [4.69, 9.17) is 23.3 Å². The Morgan fingerprint density at radius 1 is 0.426 bits per heavy atom. The van der Waals surface area contributed by atoms with E-state index in [2.05, 4.69) is 81.5 Å². The highest BCUT2D eigenvalue weighted by atomic mass is 31.2. The van der Waals surface area contributed by atoms with Crippen molar-refractivity contribution in [3.8, 4) is 0 Å². The van der Waals surface area contributed by atoms with Gasteiger partial charge >= 0.3 is 25.7 Å². The minimum atomic E-state index is -4.75. The van der Waals surface area contributed by atoms with Crippen LogP contribution >= 0.6 is 7.82 Å². The molecular weight excluding hydrogens is 880 g/mol. The summed E-state index contributed by atoms with van der Waals surface area (Å²) in [5.41, 5.74) is 0. The topological polar surface area (TPSA) is 155 Å². The molecule has 0 aromatic rings. The Morgan fingerprint density at radius 3 is 1.24 bits per heavy atom. The fraction of sp³-hybridized carbons (Fsp3) is 0.768. The molecule has 0 spiro atoms. The van der Waals surface area contributed by atoms with Gasteiger partial charge < -0.3 is 24.2 Å². The van der Waals surface area contributed by atoms with Crippen molar-refractivity contribution < 1.29 is 52.2 Å². The van der Waals surface area contributed by atoms with Gasteiger partial charge in [-0.1, -0.05) is 204 Å². The second-order valence-corrected chi connectivity index (χ2v) is 19.5. The standard InChI is InChI=1S/C56H99O11P/c1-4-7-10-13-16-19-22-24-25-26-27-29-32-35-38-41-44-47-56(60)67-53(49-63-54(58)45-42-39-36-33-30-21-18-15-12-9-6-3)51-65-68(61,62)64-50-52(48-57)66-55(59)46-43-40-37-34-31-28-23-20-17-14-11-8-5-2/h7,10,15-16,18-19,24-25,27,29,52-53,57H,4-6,8-9,11-14,17,20-23,26,28,30-51H2,1-3H3,(H,61,62)/b10-7-,18-15-,19-16-,25-24-,29-27-. The molecule has 0 rings (SSSR count). The van der Waals surface area contributed by atoms with Crippen LogP contribution in [0.25, 0.3) is 0 Å². The average Bonchev–Trinajstić information content (AvgIpc) is 3.32. The van der Waals surface area contributed by atoms with Crippen LogP contribution in [0.4, 0.5) is 0 Å². The molecule has 3 unspecified atom stereocenters. The summed E-state index contributed by atoms with van der Waals surface area (Å²) in [6, 6.07) is 0. The molecule has 2 N–H and O–H groups in total. The number of phosphoric ester groups is 1. The van der Waals surface area contributed by atoms with Crippen LogP contribution in [0.5, 0.6) is 0 Å². The summed E-state index contributed by atoms with van der Waals surface area (Å²) in [5.74, 6) is -1.50. The number of hydrogen-bond donors (Lipinski definition) is 2. The number of ether oxygens (including phenoxy) is 3. The van der Waals surface area contributed by atoms with Gasteiger partial charge in [-0.15, -0.1) is 0 Å². The summed E-state index contributed by atoms with van der Waals surface area (Å²) >= 11 is 0. The molecule has 0 aliphatic carbocycles. The molecule has 0 bridgehead atoms. The summed E-state index contributed by atoms with van der Waals surface area (Å²) in [7, 11) is -4.75. The van der Waals surface area contributed by atoms with Crippen LogP contribution in [0.15, 0.2) is 60.8 Å². The maximum Gasteiger partial charge on any atom is 0.472 e. The lowest BCUT2D eigenvalue weighted by Gasteiger charge is -2.21. The Kier molecular flexibility index (Phi) is 48.5. The molecule has 0 heterocycles. The van der Waals surface area contributed by atoms with Crippen molar-refractivity contribution in [2.45, 2.75) is 251 Å². The lowest BCUT2D eigenvalue weighted by atomic mass is 10.0. The van der Waals surface area contributed by atoms with Gasteiger partial charge in [-0.05, 0) is 77.0 Å². The first kappa shape index (κ1) is 65.2. The van der Waals surface area contributed by atoms with E-state index in [1.165, 1.54) is 70.6 Å². The minimum absolute atomic E-state index is 0.138. The van der Waals surface area contributed by atoms with E-state index in [0.29, 0.717) is 19.3 Å². The highest BCUT2D eigenvalue weighted by Gasteiger charge is 2.28. The normalized spacial score (nSPS) is 13.9. The first-order valence-electron chi connectivity index (χ1n) is 27.2. The Hall–Kier alpha value is -2.82. The highest BCUT2D eigenvalue weighted by Crippen LogP contribution is 2.43. The number of esters is 3. The SMILES string of the molecule is CC/C=C\C/C=C\C/C=C\C/C=C\CCCCCCC(=O)OC(COC(=O)CCCCCCC/C=C\CCCC)COP(=O)(O)OCC(CO)OC(=O)CCCCCCCCCCCCCCC. The maximum absolute atomic E-state index is 12.9. The molecule has 0 aromatic carbocycles. The van der Waals surface area contributed by atoms with E-state index < -0.39 is 57.8 Å². The van der Waals surface area contributed by atoms with Gasteiger partial charge in [0.1, 0.15) is 12.7 Å². The predicted molar refractivity (Wildman–Crippen MR) is 279 cm³/mol. The number of phosphoric acid groups is 1. The molecule has 0 aliphatic heterocycles. The van der Waals surface area contributed by atoms with Gasteiger partial charge in [-0.2, -0.15) is 0 Å². The molecular formula is C56H99O11P. The predicted octanol–water partition coefficient (Wildman–Crippen LogP) is 15.6. The van der Waals surface area contributed by atoms with E-state index in [0.717, 1.165) is 109 Å². The van der Waals surface area contributed by atoms with E-state index in [9.17, 15) is 28.9 Å². The molecule has 0 fully saturated rings. The van der Waals surface area contributed by atoms with Gasteiger partial charge in [-0.25, -0.2) is 4.57 Å². The van der Waals surface area contributed by atoms with E-state index in [1.807, 2.05) is 0 Å². The molecule has 68 heavy (non-hydrogen) atoms. The summed E-state index contributed by atoms with van der Waals surface area (Å²) in [4.78, 5) is 48.3. The van der Waals surface area contributed by atoms with Crippen molar-refractivity contribution >= 4 is 25.7 Å². The van der Waals surface area contributed by atoms with Crippen molar-refractivity contribution in [3.63, 3.8) is 0 Å². The van der Waals surface area contributed by atoms with Gasteiger partial charge in [0.15, 0.2) is 6.10 Å². The first-order chi connectivity index (χ1) is 33.2. The monoisotopic (exact) mass is 979 g/mol. The zero-order chi connectivity index (χ0) is 49.9. The maximum atomic E-state index is 12.9. The molecule has 0 aromatic heterocycles. The Balaban J connectivity index is 4.75. The van der Waals surface area contributed by atoms with Crippen molar-refractivity contribution in [1.82, 2.24) is 0 Å². The molecule has 0 saturated heterocycles. The number of carbonyl (C=O) groups excluding carboxylic acids is 3. The molecule has 0 amide bonds. The molecule has 0 aliphatic rings. The number of hydrogen-bond acceptors (Lipinski definition) is 10. The zero-order valence-electron chi connectivity index (χ0n) is 43.3. The number of carbonyl (C=O) groups is 3. The van der Waals surface area contributed by atoms with Gasteiger partial charge in [0.2, 0.25) is 0 Å². The third-order valence-corrected chi connectivity index (χ3v) is 12.4. The largest absolute Gasteiger partial charge is 0.472 e. The fourth-order valence-electron chi connectivity index (χ4n) is 7.27. The van der Waals surface area contributed by atoms with Crippen LogP contribution < -0.4 is 0 Å². The molecule has 12 heteroatoms. The van der Waals surface area contributed by atoms with Gasteiger partial charge in [0, 0.05) is 19.3 Å². The number of rotatable bonds is 50. The van der Waals surface area contributed by atoms with E-state index in [-0.39, 0.29) is 25.9 Å². The summed E-state index contributed by atoms with van der Waals surface area (Å²) in [5, 5.41) is 9.78.